The molecule has 0 radical (unpaired) electrons. The summed E-state index contributed by atoms with van der Waals surface area (Å²) in [6, 6.07) is 3.57. The van der Waals surface area contributed by atoms with Crippen LogP contribution in [0.4, 0.5) is 14.5 Å². The molecule has 1 aliphatic rings. The third-order valence-corrected chi connectivity index (χ3v) is 2.98. The van der Waals surface area contributed by atoms with E-state index in [4.69, 9.17) is 0 Å². The van der Waals surface area contributed by atoms with Gasteiger partial charge in [-0.05, 0) is 12.1 Å². The fourth-order valence-corrected chi connectivity index (χ4v) is 2.00. The molecule has 1 amide bonds. The van der Waals surface area contributed by atoms with Crippen LogP contribution in [0.15, 0.2) is 18.2 Å². The summed E-state index contributed by atoms with van der Waals surface area (Å²) in [5, 5.41) is 0. The quantitative estimate of drug-likeness (QED) is 0.745. The molecule has 1 fully saturated rings. The molecule has 1 aromatic rings. The number of piperazine rings is 1. The van der Waals surface area contributed by atoms with Crippen LogP contribution in [0.3, 0.4) is 0 Å². The molecule has 1 saturated heterocycles. The van der Waals surface area contributed by atoms with E-state index in [2.05, 4.69) is 0 Å². The van der Waals surface area contributed by atoms with Gasteiger partial charge in [-0.2, -0.15) is 0 Å². The van der Waals surface area contributed by atoms with Crippen molar-refractivity contribution in [1.29, 1.82) is 0 Å². The maximum atomic E-state index is 13.5. The number of amides is 1. The monoisotopic (exact) mass is 240 g/mol. The second kappa shape index (κ2) is 4.69. The maximum absolute atomic E-state index is 13.5. The number of rotatable bonds is 1. The van der Waals surface area contributed by atoms with Gasteiger partial charge in [0.2, 0.25) is 5.91 Å². The number of hydrogen-bond acceptors (Lipinski definition) is 2. The molecule has 0 bridgehead atoms. The third-order valence-electron chi connectivity index (χ3n) is 2.98. The van der Waals surface area contributed by atoms with Crippen LogP contribution in [-0.2, 0) is 4.79 Å². The molecule has 0 aromatic heterocycles. The highest BCUT2D eigenvalue weighted by molar-refractivity contribution is 5.73. The largest absolute Gasteiger partial charge is 0.366 e. The lowest BCUT2D eigenvalue weighted by Gasteiger charge is -2.35. The van der Waals surface area contributed by atoms with Gasteiger partial charge in [-0.25, -0.2) is 8.78 Å². The van der Waals surface area contributed by atoms with E-state index in [1.807, 2.05) is 4.90 Å². The lowest BCUT2D eigenvalue weighted by atomic mass is 10.2. The van der Waals surface area contributed by atoms with Gasteiger partial charge < -0.3 is 9.80 Å². The summed E-state index contributed by atoms with van der Waals surface area (Å²) < 4.78 is 26.3. The van der Waals surface area contributed by atoms with Crippen LogP contribution >= 0.6 is 0 Å². The van der Waals surface area contributed by atoms with Crippen LogP contribution in [-0.4, -0.2) is 37.0 Å². The predicted molar refractivity (Wildman–Crippen MR) is 60.8 cm³/mol. The van der Waals surface area contributed by atoms with Crippen molar-refractivity contribution in [1.82, 2.24) is 4.90 Å². The number of benzene rings is 1. The van der Waals surface area contributed by atoms with E-state index in [1.54, 1.807) is 4.90 Å². The van der Waals surface area contributed by atoms with Crippen molar-refractivity contribution in [3.8, 4) is 0 Å². The highest BCUT2D eigenvalue weighted by atomic mass is 19.1. The molecule has 92 valence electrons. The minimum atomic E-state index is -0.575. The summed E-state index contributed by atoms with van der Waals surface area (Å²) in [6.45, 7) is 3.82. The number of carbonyl (C=O) groups excluding carboxylic acids is 1. The van der Waals surface area contributed by atoms with Crippen molar-refractivity contribution < 1.29 is 13.6 Å². The average molecular weight is 240 g/mol. The lowest BCUT2D eigenvalue weighted by Crippen LogP contribution is -2.48. The second-order valence-electron chi connectivity index (χ2n) is 4.09. The zero-order valence-corrected chi connectivity index (χ0v) is 9.62. The van der Waals surface area contributed by atoms with Crippen molar-refractivity contribution in [2.75, 3.05) is 31.1 Å². The lowest BCUT2D eigenvalue weighted by molar-refractivity contribution is -0.129. The van der Waals surface area contributed by atoms with Crippen LogP contribution in [0.2, 0.25) is 0 Å². The fraction of sp³-hybridized carbons (Fsp3) is 0.417. The third kappa shape index (κ3) is 2.54. The first-order valence-electron chi connectivity index (χ1n) is 5.53. The van der Waals surface area contributed by atoms with Gasteiger partial charge in [0.1, 0.15) is 11.6 Å². The maximum Gasteiger partial charge on any atom is 0.219 e. The molecule has 0 atom stereocenters. The standard InChI is InChI=1S/C12H14F2N2O/c1-9(17)15-4-6-16(7-5-15)12-3-2-10(13)8-11(12)14/h2-3,8H,4-7H2,1H3. The van der Waals surface area contributed by atoms with Crippen molar-refractivity contribution in [3.63, 3.8) is 0 Å². The van der Waals surface area contributed by atoms with Gasteiger partial charge in [0, 0.05) is 39.2 Å². The van der Waals surface area contributed by atoms with E-state index in [1.165, 1.54) is 19.1 Å². The molecular formula is C12H14F2N2O. The Morgan fingerprint density at radius 2 is 1.82 bits per heavy atom. The molecular weight excluding hydrogens is 226 g/mol. The molecule has 5 heteroatoms. The zero-order chi connectivity index (χ0) is 12.4. The Bertz CT molecular complexity index is 429. The summed E-state index contributed by atoms with van der Waals surface area (Å²) >= 11 is 0. The molecule has 17 heavy (non-hydrogen) atoms. The Labute approximate surface area is 98.6 Å². The van der Waals surface area contributed by atoms with E-state index in [0.717, 1.165) is 6.07 Å². The Balaban J connectivity index is 2.08. The van der Waals surface area contributed by atoms with E-state index in [9.17, 15) is 13.6 Å². The molecule has 0 spiro atoms. The van der Waals surface area contributed by atoms with Gasteiger partial charge in [-0.1, -0.05) is 0 Å². The van der Waals surface area contributed by atoms with Gasteiger partial charge in [-0.15, -0.1) is 0 Å². The molecule has 0 saturated carbocycles. The number of nitrogens with zero attached hydrogens (tertiary/aromatic N) is 2. The van der Waals surface area contributed by atoms with Crippen molar-refractivity contribution in [2.24, 2.45) is 0 Å². The second-order valence-corrected chi connectivity index (χ2v) is 4.09. The molecule has 1 heterocycles. The van der Waals surface area contributed by atoms with E-state index in [0.29, 0.717) is 31.9 Å². The number of hydrogen-bond donors (Lipinski definition) is 0. The summed E-state index contributed by atoms with van der Waals surface area (Å²) in [5.74, 6) is -1.10. The highest BCUT2D eigenvalue weighted by Crippen LogP contribution is 2.21. The van der Waals surface area contributed by atoms with Crippen LogP contribution in [0.1, 0.15) is 6.92 Å². The van der Waals surface area contributed by atoms with Crippen LogP contribution in [0.5, 0.6) is 0 Å². The SMILES string of the molecule is CC(=O)N1CCN(c2ccc(F)cc2F)CC1. The topological polar surface area (TPSA) is 23.6 Å². The first-order valence-corrected chi connectivity index (χ1v) is 5.53. The van der Waals surface area contributed by atoms with Crippen LogP contribution in [0.25, 0.3) is 0 Å². The van der Waals surface area contributed by atoms with E-state index >= 15 is 0 Å². The molecule has 3 nitrogen and oxygen atoms in total. The van der Waals surface area contributed by atoms with Crippen LogP contribution < -0.4 is 4.90 Å². The zero-order valence-electron chi connectivity index (χ0n) is 9.62. The molecule has 2 rings (SSSR count). The van der Waals surface area contributed by atoms with Gasteiger partial charge in [-0.3, -0.25) is 4.79 Å². The Hall–Kier alpha value is -1.65. The molecule has 1 aromatic carbocycles. The summed E-state index contributed by atoms with van der Waals surface area (Å²) in [7, 11) is 0. The van der Waals surface area contributed by atoms with Crippen molar-refractivity contribution in [3.05, 3.63) is 29.8 Å². The van der Waals surface area contributed by atoms with E-state index < -0.39 is 11.6 Å². The first-order chi connectivity index (χ1) is 8.08. The van der Waals surface area contributed by atoms with E-state index in [-0.39, 0.29) is 5.91 Å². The minimum absolute atomic E-state index is 0.0317. The predicted octanol–water partition coefficient (Wildman–Crippen LogP) is 1.63. The summed E-state index contributed by atoms with van der Waals surface area (Å²) in [6.07, 6.45) is 0. The van der Waals surface area contributed by atoms with Gasteiger partial charge in [0.25, 0.3) is 0 Å². The van der Waals surface area contributed by atoms with Gasteiger partial charge in [0.05, 0.1) is 5.69 Å². The summed E-state index contributed by atoms with van der Waals surface area (Å²) in [4.78, 5) is 14.7. The Kier molecular flexibility index (Phi) is 3.26. The minimum Gasteiger partial charge on any atom is -0.366 e. The van der Waals surface area contributed by atoms with Crippen molar-refractivity contribution >= 4 is 11.6 Å². The number of carbonyl (C=O) groups is 1. The van der Waals surface area contributed by atoms with Crippen molar-refractivity contribution in [2.45, 2.75) is 6.92 Å². The van der Waals surface area contributed by atoms with Gasteiger partial charge in [0.15, 0.2) is 0 Å². The fourth-order valence-electron chi connectivity index (χ4n) is 2.00. The number of anilines is 1. The summed E-state index contributed by atoms with van der Waals surface area (Å²) in [5.41, 5.74) is 0.398. The van der Waals surface area contributed by atoms with Gasteiger partial charge >= 0.3 is 0 Å². The molecule has 0 aliphatic carbocycles. The number of halogens is 2. The molecule has 0 unspecified atom stereocenters. The Morgan fingerprint density at radius 3 is 2.35 bits per heavy atom. The smallest absolute Gasteiger partial charge is 0.219 e. The molecule has 0 N–H and O–H groups in total. The average Bonchev–Trinajstić information content (AvgIpc) is 2.29. The Morgan fingerprint density at radius 1 is 1.18 bits per heavy atom. The molecule has 1 aliphatic heterocycles. The van der Waals surface area contributed by atoms with Crippen LogP contribution in [0, 0.1) is 11.6 Å². The normalized spacial score (nSPS) is 16.2. The highest BCUT2D eigenvalue weighted by Gasteiger charge is 2.20. The first kappa shape index (κ1) is 11.8.